The van der Waals surface area contributed by atoms with Gasteiger partial charge in [0.1, 0.15) is 0 Å². The number of hydrogen-bond donors (Lipinski definition) is 2. The first-order chi connectivity index (χ1) is 12.5. The van der Waals surface area contributed by atoms with E-state index in [0.717, 1.165) is 15.6 Å². The fourth-order valence-electron chi connectivity index (χ4n) is 2.33. The Morgan fingerprint density at radius 3 is 2.42 bits per heavy atom. The molecule has 0 bridgehead atoms. The van der Waals surface area contributed by atoms with Gasteiger partial charge in [-0.2, -0.15) is 0 Å². The van der Waals surface area contributed by atoms with Crippen molar-refractivity contribution in [3.63, 3.8) is 0 Å². The van der Waals surface area contributed by atoms with Crippen LogP contribution in [0.3, 0.4) is 0 Å². The molecule has 0 heterocycles. The predicted molar refractivity (Wildman–Crippen MR) is 110 cm³/mol. The summed E-state index contributed by atoms with van der Waals surface area (Å²) in [5, 5.41) is 6.50. The molecule has 1 amide bonds. The number of carbonyl (C=O) groups is 1. The van der Waals surface area contributed by atoms with Crippen LogP contribution in [0.1, 0.15) is 24.1 Å². The van der Waals surface area contributed by atoms with Gasteiger partial charge in [0.25, 0.3) is 0 Å². The number of nitrogens with one attached hydrogen (secondary N) is 2. The fourth-order valence-corrected chi connectivity index (χ4v) is 2.96. The number of guanidine groups is 1. The van der Waals surface area contributed by atoms with Crippen molar-refractivity contribution < 1.29 is 4.79 Å². The van der Waals surface area contributed by atoms with Crippen molar-refractivity contribution in [2.45, 2.75) is 19.5 Å². The average molecular weight is 417 g/mol. The molecule has 0 aliphatic rings. The van der Waals surface area contributed by atoms with Gasteiger partial charge in [0.05, 0.1) is 19.1 Å². The van der Waals surface area contributed by atoms with Crippen molar-refractivity contribution in [1.29, 1.82) is 0 Å². The molecule has 5 nitrogen and oxygen atoms in total. The maximum absolute atomic E-state index is 11.9. The van der Waals surface area contributed by atoms with Crippen molar-refractivity contribution in [3.05, 3.63) is 70.2 Å². The van der Waals surface area contributed by atoms with Crippen LogP contribution in [0.2, 0.25) is 0 Å². The van der Waals surface area contributed by atoms with Crippen LogP contribution >= 0.6 is 15.9 Å². The van der Waals surface area contributed by atoms with E-state index in [1.807, 2.05) is 48.5 Å². The van der Waals surface area contributed by atoms with Gasteiger partial charge in [-0.15, -0.1) is 0 Å². The zero-order valence-electron chi connectivity index (χ0n) is 15.4. The Bertz CT molecular complexity index is 746. The smallest absolute Gasteiger partial charge is 0.241 e. The maximum atomic E-state index is 11.9. The summed E-state index contributed by atoms with van der Waals surface area (Å²) >= 11 is 3.58. The first-order valence-corrected chi connectivity index (χ1v) is 9.30. The van der Waals surface area contributed by atoms with Gasteiger partial charge in [-0.25, -0.2) is 4.99 Å². The van der Waals surface area contributed by atoms with Crippen LogP contribution in [0.4, 0.5) is 0 Å². The molecule has 0 aliphatic heterocycles. The van der Waals surface area contributed by atoms with Crippen LogP contribution in [0.5, 0.6) is 0 Å². The number of likely N-dealkylation sites (N-methyl/N-ethyl adjacent to an activating group) is 1. The van der Waals surface area contributed by atoms with E-state index in [2.05, 4.69) is 44.5 Å². The van der Waals surface area contributed by atoms with E-state index in [1.54, 1.807) is 19.0 Å². The fraction of sp³-hybridized carbons (Fsp3) is 0.300. The average Bonchev–Trinajstić information content (AvgIpc) is 2.64. The van der Waals surface area contributed by atoms with Gasteiger partial charge in [0.2, 0.25) is 5.91 Å². The Morgan fingerprint density at radius 2 is 1.77 bits per heavy atom. The molecule has 6 heteroatoms. The van der Waals surface area contributed by atoms with E-state index in [0.29, 0.717) is 12.5 Å². The summed E-state index contributed by atoms with van der Waals surface area (Å²) in [5.74, 6) is 0.597. The molecule has 0 aromatic heterocycles. The molecule has 1 atom stereocenters. The second kappa shape index (κ2) is 9.97. The van der Waals surface area contributed by atoms with Crippen LogP contribution in [-0.4, -0.2) is 37.4 Å². The van der Waals surface area contributed by atoms with Crippen LogP contribution < -0.4 is 10.6 Å². The molecule has 0 aliphatic carbocycles. The van der Waals surface area contributed by atoms with Crippen molar-refractivity contribution in [2.24, 2.45) is 4.99 Å². The van der Waals surface area contributed by atoms with Crippen molar-refractivity contribution in [1.82, 2.24) is 15.5 Å². The van der Waals surface area contributed by atoms with E-state index >= 15 is 0 Å². The minimum absolute atomic E-state index is 0.00671. The quantitative estimate of drug-likeness (QED) is 0.560. The highest BCUT2D eigenvalue weighted by Gasteiger charge is 2.12. The number of halogens is 1. The largest absolute Gasteiger partial charge is 0.350 e. The van der Waals surface area contributed by atoms with Crippen LogP contribution in [0, 0.1) is 0 Å². The summed E-state index contributed by atoms with van der Waals surface area (Å²) in [7, 11) is 3.48. The Kier molecular flexibility index (Phi) is 7.66. The molecule has 0 fully saturated rings. The Labute approximate surface area is 163 Å². The highest BCUT2D eigenvalue weighted by atomic mass is 79.9. The molecular formula is C20H25BrN4O. The Morgan fingerprint density at radius 1 is 1.12 bits per heavy atom. The zero-order valence-corrected chi connectivity index (χ0v) is 17.0. The summed E-state index contributed by atoms with van der Waals surface area (Å²) in [6, 6.07) is 18.1. The van der Waals surface area contributed by atoms with Gasteiger partial charge >= 0.3 is 0 Å². The lowest BCUT2D eigenvalue weighted by Crippen LogP contribution is -2.43. The van der Waals surface area contributed by atoms with E-state index in [-0.39, 0.29) is 18.5 Å². The molecule has 2 rings (SSSR count). The lowest BCUT2D eigenvalue weighted by molar-refractivity contribution is -0.127. The lowest BCUT2D eigenvalue weighted by Gasteiger charge is -2.20. The van der Waals surface area contributed by atoms with Crippen LogP contribution in [-0.2, 0) is 11.3 Å². The number of aliphatic imine (C=N–C) groups is 1. The molecule has 0 saturated heterocycles. The Balaban J connectivity index is 2.11. The third-order valence-electron chi connectivity index (χ3n) is 3.89. The van der Waals surface area contributed by atoms with Gasteiger partial charge in [0, 0.05) is 18.6 Å². The Hall–Kier alpha value is -2.34. The number of amides is 1. The van der Waals surface area contributed by atoms with Gasteiger partial charge < -0.3 is 15.5 Å². The number of carbonyl (C=O) groups excluding carboxylic acids is 1. The molecule has 2 N–H and O–H groups in total. The number of nitrogens with zero attached hydrogens (tertiary/aromatic N) is 2. The van der Waals surface area contributed by atoms with Crippen molar-refractivity contribution >= 4 is 27.8 Å². The molecule has 2 aromatic carbocycles. The van der Waals surface area contributed by atoms with Crippen molar-refractivity contribution in [3.8, 4) is 0 Å². The highest BCUT2D eigenvalue weighted by Crippen LogP contribution is 2.22. The minimum Gasteiger partial charge on any atom is -0.350 e. The lowest BCUT2D eigenvalue weighted by atomic mass is 10.1. The molecule has 0 spiro atoms. The van der Waals surface area contributed by atoms with Crippen molar-refractivity contribution in [2.75, 3.05) is 20.6 Å². The highest BCUT2D eigenvalue weighted by molar-refractivity contribution is 9.10. The molecule has 2 aromatic rings. The third kappa shape index (κ3) is 6.19. The van der Waals surface area contributed by atoms with Gasteiger partial charge in [-0.05, 0) is 24.1 Å². The first-order valence-electron chi connectivity index (χ1n) is 8.50. The number of benzene rings is 2. The topological polar surface area (TPSA) is 56.7 Å². The summed E-state index contributed by atoms with van der Waals surface area (Å²) in [5.41, 5.74) is 2.24. The van der Waals surface area contributed by atoms with Crippen LogP contribution in [0.15, 0.2) is 64.1 Å². The molecule has 1 unspecified atom stereocenters. The second-order valence-electron chi connectivity index (χ2n) is 6.18. The number of rotatable bonds is 6. The minimum atomic E-state index is -0.00671. The monoisotopic (exact) mass is 416 g/mol. The van der Waals surface area contributed by atoms with Gasteiger partial charge in [0.15, 0.2) is 5.96 Å². The zero-order chi connectivity index (χ0) is 18.9. The second-order valence-corrected chi connectivity index (χ2v) is 7.03. The maximum Gasteiger partial charge on any atom is 0.241 e. The van der Waals surface area contributed by atoms with Gasteiger partial charge in [-0.1, -0.05) is 64.5 Å². The SMILES string of the molecule is CC(NC(=NCc1ccccc1)NCC(=O)N(C)C)c1ccccc1Br. The third-order valence-corrected chi connectivity index (χ3v) is 4.62. The van der Waals surface area contributed by atoms with E-state index in [9.17, 15) is 4.79 Å². The van der Waals surface area contributed by atoms with Gasteiger partial charge in [-0.3, -0.25) is 4.79 Å². The van der Waals surface area contributed by atoms with Crippen LogP contribution in [0.25, 0.3) is 0 Å². The van der Waals surface area contributed by atoms with E-state index in [1.165, 1.54) is 0 Å². The standard InChI is InChI=1S/C20H25BrN4O/c1-15(17-11-7-8-12-18(17)21)24-20(23-14-19(26)25(2)3)22-13-16-9-5-4-6-10-16/h4-12,15H,13-14H2,1-3H3,(H2,22,23,24). The number of hydrogen-bond acceptors (Lipinski definition) is 2. The summed E-state index contributed by atoms with van der Waals surface area (Å²) < 4.78 is 1.03. The predicted octanol–water partition coefficient (Wildman–Crippen LogP) is 3.33. The molecule has 0 radical (unpaired) electrons. The summed E-state index contributed by atoms with van der Waals surface area (Å²) in [6.45, 7) is 2.79. The van der Waals surface area contributed by atoms with E-state index in [4.69, 9.17) is 0 Å². The first kappa shape index (κ1) is 20.0. The molecular weight excluding hydrogens is 392 g/mol. The summed E-state index contributed by atoms with van der Waals surface area (Å²) in [6.07, 6.45) is 0. The van der Waals surface area contributed by atoms with E-state index < -0.39 is 0 Å². The molecule has 0 saturated carbocycles. The summed E-state index contributed by atoms with van der Waals surface area (Å²) in [4.78, 5) is 18.1. The molecule has 138 valence electrons. The normalized spacial score (nSPS) is 12.4. The molecule has 26 heavy (non-hydrogen) atoms.